The van der Waals surface area contributed by atoms with E-state index >= 15 is 0 Å². The monoisotopic (exact) mass is 2020 g/mol. The Kier molecular flexibility index (Phi) is 35.8. The number of nitrogen functional groups attached to an aromatic ring is 4. The van der Waals surface area contributed by atoms with Crippen LogP contribution in [0, 0.1) is 166 Å². The number of carbonyl (C=O) groups excluding carboxylic acids is 3. The van der Waals surface area contributed by atoms with Crippen molar-refractivity contribution in [2.45, 2.75) is 166 Å². The van der Waals surface area contributed by atoms with Crippen LogP contribution in [0.1, 0.15) is 186 Å². The topological polar surface area (TPSA) is 355 Å². The second-order valence-corrected chi connectivity index (χ2v) is 37.9. The molecule has 0 fully saturated rings. The van der Waals surface area contributed by atoms with Gasteiger partial charge in [0.25, 0.3) is 0 Å². The predicted molar refractivity (Wildman–Crippen MR) is 587 cm³/mol. The summed E-state index contributed by atoms with van der Waals surface area (Å²) in [5.41, 5.74) is 71.6. The highest BCUT2D eigenvalue weighted by atomic mass is 79.9. The summed E-state index contributed by atoms with van der Waals surface area (Å²) in [6.07, 6.45) is 0. The number of methoxy groups -OCH3 is 3. The number of esters is 3. The van der Waals surface area contributed by atoms with Gasteiger partial charge in [0, 0.05) is 14.5 Å². The number of hydrogen-bond donors (Lipinski definition) is 10. The number of fused-ring (bicyclic) bond motifs is 2. The Morgan fingerprint density at radius 1 is 0.284 bits per heavy atom. The van der Waals surface area contributed by atoms with E-state index in [4.69, 9.17) is 62.4 Å². The highest BCUT2D eigenvalue weighted by molar-refractivity contribution is 9.11. The number of carboxylic acids is 2. The van der Waals surface area contributed by atoms with Crippen LogP contribution < -0.4 is 28.4 Å². The molecule has 728 valence electrons. The van der Waals surface area contributed by atoms with Crippen molar-refractivity contribution >= 4 is 119 Å². The molecule has 0 aliphatic rings. The predicted octanol–water partition coefficient (Wildman–Crippen LogP) is 26.9. The van der Waals surface area contributed by atoms with Crippen LogP contribution in [-0.4, -0.2) is 98.5 Å². The Bertz CT molecular complexity index is 7330. The number of halogens is 2. The number of nitrogens with two attached hydrogens (primary N) is 4. The standard InChI is InChI=1S/C40H38N4.C28H30O4.C12H14N4.C11H13BrO2.C10H11BrO2.C10H12O2.C7H9BO2/c1-21-17-22(2)37(26(6)25(21)5)29-9-11-30(12-10-29)38-23(3)18-24(4)39(27(38)7)40-43-34-16-14-32(20-36(34)44-40)31-13-15-33-35(19-31)42-28(8)41-33;1-15-13-17(3)25(27(29)31-7)19(5)23(15)21-9-11-22(12-10-21)24-16(2)14-18(4)26(20(24)6)28(30)32-8;13-9-3-1-7(5-11(9)15)8-2-4-10(14)12(16)6-8;1-6-5-7(2)10(12)8(3)9(6)11(13)14-4;1-5-4-6(2)9(11)7(3)8(5)10(12)13;1-6-4-7(2)9(10(11)12)8(3)5-6;1-6-2-4-7(5-3-6)8(9)10/h9-20H,1-8H3,(H,41,42)(H,43,44);9-14H,1-8H3;1-6H,13-16H2;5H,1-4H3;4H,1-3H3,(H,12,13);4-5H,1-3H3,(H,11,12);2-5,9-10H,1H3. The van der Waals surface area contributed by atoms with E-state index in [1.807, 2.05) is 177 Å². The lowest BCUT2D eigenvalue weighted by molar-refractivity contribution is 0.0590. The van der Waals surface area contributed by atoms with Gasteiger partial charge in [0.05, 0.1) is 94.0 Å². The minimum absolute atomic E-state index is 0.277. The molecule has 0 aliphatic heterocycles. The average molecular weight is 2020 g/mol. The van der Waals surface area contributed by atoms with E-state index in [2.05, 4.69) is 206 Å². The van der Waals surface area contributed by atoms with Crippen LogP contribution in [0.25, 0.3) is 100 Å². The van der Waals surface area contributed by atoms with Crippen molar-refractivity contribution in [3.63, 3.8) is 0 Å². The van der Waals surface area contributed by atoms with Crippen LogP contribution in [0.5, 0.6) is 0 Å². The van der Waals surface area contributed by atoms with Crippen molar-refractivity contribution in [1.82, 2.24) is 19.9 Å². The van der Waals surface area contributed by atoms with Gasteiger partial charge < -0.3 is 67.4 Å². The molecule has 0 saturated heterocycles. The van der Waals surface area contributed by atoms with Gasteiger partial charge >= 0.3 is 37.0 Å². The van der Waals surface area contributed by atoms with Gasteiger partial charge in [-0.25, -0.2) is 33.9 Å². The first-order chi connectivity index (χ1) is 66.4. The molecule has 0 unspecified atom stereocenters. The Balaban J connectivity index is 0.000000183. The maximum Gasteiger partial charge on any atom is 0.488 e. The number of carbonyl (C=O) groups is 5. The molecule has 20 nitrogen and oxygen atoms in total. The summed E-state index contributed by atoms with van der Waals surface area (Å²) in [6, 6.07) is 64.6. The zero-order valence-electron chi connectivity index (χ0n) is 85.6. The van der Waals surface area contributed by atoms with Crippen LogP contribution in [-0.2, 0) is 14.2 Å². The first-order valence-electron chi connectivity index (χ1n) is 46.1. The molecule has 0 bridgehead atoms. The summed E-state index contributed by atoms with van der Waals surface area (Å²) in [4.78, 5) is 74.4. The summed E-state index contributed by atoms with van der Waals surface area (Å²) in [7, 11) is 2.87. The number of anilines is 4. The van der Waals surface area contributed by atoms with Gasteiger partial charge in [-0.1, -0.05) is 189 Å². The van der Waals surface area contributed by atoms with Crippen molar-refractivity contribution in [2.75, 3.05) is 44.3 Å². The van der Waals surface area contributed by atoms with Crippen molar-refractivity contribution < 1.29 is 58.4 Å². The fourth-order valence-corrected chi connectivity index (χ4v) is 19.5. The molecular weight excluding hydrogens is 1890 g/mol. The number of nitrogens with zero attached hydrogens (tertiary/aromatic N) is 2. The molecule has 2 aromatic heterocycles. The summed E-state index contributed by atoms with van der Waals surface area (Å²) < 4.78 is 16.6. The van der Waals surface area contributed by atoms with E-state index in [-0.39, 0.29) is 17.9 Å². The van der Waals surface area contributed by atoms with Gasteiger partial charge in [0.2, 0.25) is 0 Å². The summed E-state index contributed by atoms with van der Waals surface area (Å²) in [5, 5.41) is 35.1. The molecule has 0 amide bonds. The average Bonchev–Trinajstić information content (AvgIpc) is 1.65. The minimum atomic E-state index is -1.35. The molecule has 23 heteroatoms. The van der Waals surface area contributed by atoms with Gasteiger partial charge in [0.1, 0.15) is 11.6 Å². The summed E-state index contributed by atoms with van der Waals surface area (Å²) in [5.74, 6) is -0.790. The third-order valence-electron chi connectivity index (χ3n) is 25.8. The van der Waals surface area contributed by atoms with Crippen molar-refractivity contribution in [3.8, 4) is 78.1 Å². The number of imidazole rings is 2. The van der Waals surface area contributed by atoms with Crippen molar-refractivity contribution in [1.29, 1.82) is 0 Å². The second kappa shape index (κ2) is 46.5. The number of benzene rings is 14. The zero-order valence-corrected chi connectivity index (χ0v) is 88.7. The fraction of sp³-hybridized carbons (Fsp3) is 0.229. The molecule has 16 rings (SSSR count). The number of ether oxygens (including phenoxy) is 3. The Morgan fingerprint density at radius 2 is 0.589 bits per heavy atom. The minimum Gasteiger partial charge on any atom is -0.478 e. The van der Waals surface area contributed by atoms with Crippen LogP contribution in [0.4, 0.5) is 22.7 Å². The second-order valence-electron chi connectivity index (χ2n) is 36.3. The summed E-state index contributed by atoms with van der Waals surface area (Å²) in [6.45, 7) is 48.4. The molecule has 0 radical (unpaired) electrons. The summed E-state index contributed by atoms with van der Waals surface area (Å²) >= 11 is 6.82. The number of carboxylic acid groups (broad SMARTS) is 2. The molecular formula is C118H127BBr2N8O12. The largest absolute Gasteiger partial charge is 0.488 e. The highest BCUT2D eigenvalue weighted by Crippen LogP contribution is 2.42. The van der Waals surface area contributed by atoms with Crippen LogP contribution in [0.2, 0.25) is 0 Å². The molecule has 0 spiro atoms. The third kappa shape index (κ3) is 24.9. The highest BCUT2D eigenvalue weighted by Gasteiger charge is 2.26. The van der Waals surface area contributed by atoms with Gasteiger partial charge in [-0.2, -0.15) is 0 Å². The Labute approximate surface area is 844 Å². The van der Waals surface area contributed by atoms with Crippen LogP contribution in [0.3, 0.4) is 0 Å². The number of aromatic carboxylic acids is 2. The maximum atomic E-state index is 12.3. The molecule has 0 saturated carbocycles. The molecule has 14 aromatic carbocycles. The molecule has 0 aliphatic carbocycles. The molecule has 14 N–H and O–H groups in total. The number of hydrogen-bond acceptors (Lipinski definition) is 16. The number of nitrogens with one attached hydrogen (secondary N) is 2. The van der Waals surface area contributed by atoms with Gasteiger partial charge in [-0.05, 0) is 404 Å². The molecule has 2 heterocycles. The van der Waals surface area contributed by atoms with E-state index in [9.17, 15) is 24.0 Å². The SMILES string of the molecule is COC(=O)c1c(C)cc(C)c(-c2ccc(-c3c(C)cc(C)c(C(=O)OC)c3C)cc2)c1C.COC(=O)c1c(C)cc(C)c(Br)c1C.Cc1cc(C)c(C(=O)O)c(C)c1.Cc1cc(C)c(C(=O)O)c(C)c1Br.Cc1ccc(B(O)O)cc1.Cc1nc2ccc(-c3ccc4nc(-c5c(C)cc(C)c(-c6ccc(-c7c(C)cc(C)c(C)c7C)cc6)c5C)[nH]c4c3)cc2[nH]1.Nc1ccc(-c2ccc(N)c(N)c2)cc1N. The maximum absolute atomic E-state index is 12.3. The first-order valence-corrected chi connectivity index (χ1v) is 47.7. The van der Waals surface area contributed by atoms with E-state index in [1.165, 1.54) is 88.1 Å². The lowest BCUT2D eigenvalue weighted by Gasteiger charge is -2.18. The fourth-order valence-electron chi connectivity index (χ4n) is 18.9. The lowest BCUT2D eigenvalue weighted by Crippen LogP contribution is -2.29. The molecule has 141 heavy (non-hydrogen) atoms. The van der Waals surface area contributed by atoms with Gasteiger partial charge in [0.15, 0.2) is 0 Å². The smallest absolute Gasteiger partial charge is 0.478 e. The Morgan fingerprint density at radius 3 is 0.972 bits per heavy atom. The number of aromatic nitrogens is 4. The molecule has 0 atom stereocenters. The van der Waals surface area contributed by atoms with E-state index in [0.717, 1.165) is 176 Å². The van der Waals surface area contributed by atoms with Crippen LogP contribution in [0.15, 0.2) is 203 Å². The van der Waals surface area contributed by atoms with E-state index < -0.39 is 19.1 Å². The number of aromatic amines is 2. The number of H-pyrrole nitrogens is 2. The van der Waals surface area contributed by atoms with E-state index in [1.54, 1.807) is 24.3 Å². The number of rotatable bonds is 13. The third-order valence-corrected chi connectivity index (χ3v) is 28.2. The number of aryl methyl sites for hydroxylation is 17. The normalized spacial score (nSPS) is 10.7. The van der Waals surface area contributed by atoms with Crippen molar-refractivity contribution in [3.05, 3.63) is 365 Å². The Hall–Kier alpha value is -14.5. The molecule has 16 aromatic rings. The van der Waals surface area contributed by atoms with E-state index in [0.29, 0.717) is 56.0 Å². The lowest BCUT2D eigenvalue weighted by atomic mass is 9.80. The first kappa shape index (κ1) is 109. The van der Waals surface area contributed by atoms with Gasteiger partial charge in [-0.3, -0.25) is 0 Å². The van der Waals surface area contributed by atoms with Crippen molar-refractivity contribution in [2.24, 2.45) is 0 Å². The zero-order chi connectivity index (χ0) is 104. The quantitative estimate of drug-likeness (QED) is 0.0222. The van der Waals surface area contributed by atoms with Gasteiger partial charge in [-0.15, -0.1) is 0 Å². The van der Waals surface area contributed by atoms with Crippen LogP contribution >= 0.6 is 31.9 Å².